The smallest absolute Gasteiger partial charge is 0.251 e. The number of carbonyl (C=O) groups excluding carboxylic acids is 1. The van der Waals surface area contributed by atoms with E-state index in [0.717, 1.165) is 11.1 Å². The van der Waals surface area contributed by atoms with Crippen LogP contribution in [0.15, 0.2) is 48.5 Å². The second kappa shape index (κ2) is 4.78. The number of hydrogen-bond donors (Lipinski definition) is 1. The molecule has 0 aliphatic heterocycles. The van der Waals surface area contributed by atoms with Crippen LogP contribution >= 0.6 is 0 Å². The maximum absolute atomic E-state index is 12.8. The summed E-state index contributed by atoms with van der Waals surface area (Å²) in [5, 5.41) is 2.56. The van der Waals surface area contributed by atoms with Crippen molar-refractivity contribution in [3.8, 4) is 11.1 Å². The molecule has 1 N–H and O–H groups in total. The summed E-state index contributed by atoms with van der Waals surface area (Å²) < 4.78 is 12.8. The lowest BCUT2D eigenvalue weighted by Gasteiger charge is -2.03. The first-order valence-electron chi connectivity index (χ1n) is 5.29. The van der Waals surface area contributed by atoms with Gasteiger partial charge in [-0.2, -0.15) is 0 Å². The van der Waals surface area contributed by atoms with Crippen molar-refractivity contribution in [3.05, 3.63) is 59.9 Å². The second-order valence-electron chi connectivity index (χ2n) is 3.66. The molecule has 2 aromatic rings. The van der Waals surface area contributed by atoms with Gasteiger partial charge in [0.25, 0.3) is 5.91 Å². The summed E-state index contributed by atoms with van der Waals surface area (Å²) in [5.74, 6) is -0.369. The third-order valence-corrected chi connectivity index (χ3v) is 2.55. The second-order valence-corrected chi connectivity index (χ2v) is 3.66. The minimum Gasteiger partial charge on any atom is -0.355 e. The van der Waals surface area contributed by atoms with Crippen molar-refractivity contribution >= 4 is 5.91 Å². The fourth-order valence-corrected chi connectivity index (χ4v) is 1.60. The van der Waals surface area contributed by atoms with E-state index in [1.165, 1.54) is 12.1 Å². The molecule has 2 aromatic carbocycles. The normalized spacial score (nSPS) is 10.0. The van der Waals surface area contributed by atoms with Crippen LogP contribution in [0.2, 0.25) is 0 Å². The monoisotopic (exact) mass is 229 g/mol. The van der Waals surface area contributed by atoms with E-state index in [1.807, 2.05) is 12.1 Å². The average Bonchev–Trinajstić information content (AvgIpc) is 2.39. The Kier molecular flexibility index (Phi) is 3.19. The largest absolute Gasteiger partial charge is 0.355 e. The minimum atomic E-state index is -0.254. The summed E-state index contributed by atoms with van der Waals surface area (Å²) in [5.41, 5.74) is 2.49. The molecule has 0 saturated carbocycles. The lowest BCUT2D eigenvalue weighted by Crippen LogP contribution is -2.17. The quantitative estimate of drug-likeness (QED) is 0.842. The summed E-state index contributed by atoms with van der Waals surface area (Å²) >= 11 is 0. The standard InChI is InChI=1S/C14H12FNO/c1-16-14(17)12-4-2-10(3-5-12)11-6-8-13(15)9-7-11/h2-9H,1H3,(H,16,17). The van der Waals surface area contributed by atoms with Crippen LogP contribution in [-0.4, -0.2) is 13.0 Å². The lowest BCUT2D eigenvalue weighted by atomic mass is 10.0. The van der Waals surface area contributed by atoms with Gasteiger partial charge in [-0.1, -0.05) is 24.3 Å². The van der Waals surface area contributed by atoms with Crippen molar-refractivity contribution in [2.75, 3.05) is 7.05 Å². The number of benzene rings is 2. The Hall–Kier alpha value is -2.16. The van der Waals surface area contributed by atoms with Crippen LogP contribution < -0.4 is 5.32 Å². The highest BCUT2D eigenvalue weighted by Gasteiger charge is 2.03. The Morgan fingerprint density at radius 2 is 1.41 bits per heavy atom. The zero-order valence-corrected chi connectivity index (χ0v) is 9.41. The Morgan fingerprint density at radius 3 is 1.88 bits per heavy atom. The van der Waals surface area contributed by atoms with Gasteiger partial charge in [0, 0.05) is 12.6 Å². The van der Waals surface area contributed by atoms with E-state index in [2.05, 4.69) is 5.32 Å². The van der Waals surface area contributed by atoms with E-state index in [0.29, 0.717) is 5.56 Å². The molecule has 0 aliphatic rings. The Labute approximate surface area is 99.1 Å². The van der Waals surface area contributed by atoms with Gasteiger partial charge in [0.05, 0.1) is 0 Å². The molecule has 17 heavy (non-hydrogen) atoms. The Bertz CT molecular complexity index is 517. The molecule has 86 valence electrons. The van der Waals surface area contributed by atoms with Crippen molar-refractivity contribution in [2.45, 2.75) is 0 Å². The number of amides is 1. The molecule has 0 spiro atoms. The van der Waals surface area contributed by atoms with E-state index in [4.69, 9.17) is 0 Å². The van der Waals surface area contributed by atoms with Crippen LogP contribution in [0.3, 0.4) is 0 Å². The van der Waals surface area contributed by atoms with E-state index in [1.54, 1.807) is 31.3 Å². The van der Waals surface area contributed by atoms with Crippen LogP contribution in [0, 0.1) is 5.82 Å². The molecule has 2 nitrogen and oxygen atoms in total. The number of halogens is 1. The van der Waals surface area contributed by atoms with Gasteiger partial charge in [0.15, 0.2) is 0 Å². The van der Waals surface area contributed by atoms with Gasteiger partial charge in [-0.25, -0.2) is 4.39 Å². The van der Waals surface area contributed by atoms with E-state index in [-0.39, 0.29) is 11.7 Å². The van der Waals surface area contributed by atoms with Crippen molar-refractivity contribution in [1.82, 2.24) is 5.32 Å². The highest BCUT2D eigenvalue weighted by atomic mass is 19.1. The van der Waals surface area contributed by atoms with Crippen LogP contribution in [0.5, 0.6) is 0 Å². The van der Waals surface area contributed by atoms with Crippen LogP contribution in [0.4, 0.5) is 4.39 Å². The Balaban J connectivity index is 2.29. The average molecular weight is 229 g/mol. The number of carbonyl (C=O) groups is 1. The predicted molar refractivity (Wildman–Crippen MR) is 65.2 cm³/mol. The van der Waals surface area contributed by atoms with E-state index < -0.39 is 0 Å². The van der Waals surface area contributed by atoms with Crippen molar-refractivity contribution in [1.29, 1.82) is 0 Å². The molecule has 0 aromatic heterocycles. The fraction of sp³-hybridized carbons (Fsp3) is 0.0714. The van der Waals surface area contributed by atoms with E-state index >= 15 is 0 Å². The van der Waals surface area contributed by atoms with Gasteiger partial charge in [-0.15, -0.1) is 0 Å². The summed E-state index contributed by atoms with van der Waals surface area (Å²) in [7, 11) is 1.59. The van der Waals surface area contributed by atoms with Gasteiger partial charge >= 0.3 is 0 Å². The van der Waals surface area contributed by atoms with Crippen molar-refractivity contribution < 1.29 is 9.18 Å². The topological polar surface area (TPSA) is 29.1 Å². The summed E-state index contributed by atoms with van der Waals surface area (Å²) in [6.45, 7) is 0. The molecule has 0 aliphatic carbocycles. The maximum atomic E-state index is 12.8. The van der Waals surface area contributed by atoms with Crippen LogP contribution in [0.1, 0.15) is 10.4 Å². The summed E-state index contributed by atoms with van der Waals surface area (Å²) in [4.78, 5) is 11.3. The van der Waals surface area contributed by atoms with Crippen molar-refractivity contribution in [2.24, 2.45) is 0 Å². The highest BCUT2D eigenvalue weighted by Crippen LogP contribution is 2.19. The minimum absolute atomic E-state index is 0.115. The molecule has 0 unspecified atom stereocenters. The molecule has 0 saturated heterocycles. The maximum Gasteiger partial charge on any atom is 0.251 e. The highest BCUT2D eigenvalue weighted by molar-refractivity contribution is 5.94. The van der Waals surface area contributed by atoms with E-state index in [9.17, 15) is 9.18 Å². The lowest BCUT2D eigenvalue weighted by molar-refractivity contribution is 0.0963. The number of rotatable bonds is 2. The number of nitrogens with one attached hydrogen (secondary N) is 1. The number of hydrogen-bond acceptors (Lipinski definition) is 1. The molecule has 0 bridgehead atoms. The molecule has 0 atom stereocenters. The zero-order chi connectivity index (χ0) is 12.3. The SMILES string of the molecule is CNC(=O)c1ccc(-c2ccc(F)cc2)cc1. The molecular weight excluding hydrogens is 217 g/mol. The predicted octanol–water partition coefficient (Wildman–Crippen LogP) is 2.85. The third-order valence-electron chi connectivity index (χ3n) is 2.55. The van der Waals surface area contributed by atoms with Gasteiger partial charge in [0.2, 0.25) is 0 Å². The first kappa shape index (κ1) is 11.3. The van der Waals surface area contributed by atoms with Crippen molar-refractivity contribution in [3.63, 3.8) is 0 Å². The molecule has 2 rings (SSSR count). The third kappa shape index (κ3) is 2.50. The molecule has 1 amide bonds. The first-order valence-corrected chi connectivity index (χ1v) is 5.29. The Morgan fingerprint density at radius 1 is 0.941 bits per heavy atom. The van der Waals surface area contributed by atoms with Gasteiger partial charge in [-0.3, -0.25) is 4.79 Å². The molecule has 0 radical (unpaired) electrons. The van der Waals surface area contributed by atoms with Gasteiger partial charge < -0.3 is 5.32 Å². The molecule has 0 heterocycles. The van der Waals surface area contributed by atoms with Gasteiger partial charge in [-0.05, 0) is 35.4 Å². The zero-order valence-electron chi connectivity index (χ0n) is 9.41. The van der Waals surface area contributed by atoms with Gasteiger partial charge in [0.1, 0.15) is 5.82 Å². The van der Waals surface area contributed by atoms with Crippen LogP contribution in [-0.2, 0) is 0 Å². The summed E-state index contributed by atoms with van der Waals surface area (Å²) in [6.07, 6.45) is 0. The molecule has 0 fully saturated rings. The summed E-state index contributed by atoms with van der Waals surface area (Å²) in [6, 6.07) is 13.4. The van der Waals surface area contributed by atoms with Crippen LogP contribution in [0.25, 0.3) is 11.1 Å². The molecular formula is C14H12FNO. The first-order chi connectivity index (χ1) is 8.20. The fourth-order valence-electron chi connectivity index (χ4n) is 1.60. The molecule has 3 heteroatoms.